The fourth-order valence-electron chi connectivity index (χ4n) is 6.62. The van der Waals surface area contributed by atoms with Crippen LogP contribution in [0.2, 0.25) is 0 Å². The quantitative estimate of drug-likeness (QED) is 0.155. The van der Waals surface area contributed by atoms with Crippen LogP contribution in [0.15, 0.2) is 85.6 Å². The summed E-state index contributed by atoms with van der Waals surface area (Å²) in [5.41, 5.74) is 12.5. The van der Waals surface area contributed by atoms with Crippen molar-refractivity contribution in [3.63, 3.8) is 0 Å². The van der Waals surface area contributed by atoms with Crippen molar-refractivity contribution in [2.24, 2.45) is 0 Å². The van der Waals surface area contributed by atoms with Crippen LogP contribution >= 0.6 is 0 Å². The second-order valence-electron chi connectivity index (χ2n) is 29.8. The van der Waals surface area contributed by atoms with Gasteiger partial charge in [-0.15, -0.1) is 0 Å². The largest absolute Gasteiger partial charge is 0.260 e. The van der Waals surface area contributed by atoms with Gasteiger partial charge in [0, 0.05) is 62.7 Å². The Balaban J connectivity index is 0.000000444. The molecular formula is C65H104FN5. The van der Waals surface area contributed by atoms with Crippen LogP contribution in [0.25, 0.3) is 0 Å². The molecule has 6 heteroatoms. The van der Waals surface area contributed by atoms with Crippen molar-refractivity contribution < 1.29 is 4.39 Å². The van der Waals surface area contributed by atoms with Crippen LogP contribution < -0.4 is 0 Å². The summed E-state index contributed by atoms with van der Waals surface area (Å²) >= 11 is 0. The van der Waals surface area contributed by atoms with E-state index in [1.54, 1.807) is 12.4 Å². The van der Waals surface area contributed by atoms with Gasteiger partial charge in [0.05, 0.1) is 11.4 Å². The van der Waals surface area contributed by atoms with Crippen molar-refractivity contribution in [1.29, 1.82) is 0 Å². The molecule has 3 heterocycles. The van der Waals surface area contributed by atoms with Gasteiger partial charge in [-0.05, 0) is 73.1 Å². The highest BCUT2D eigenvalue weighted by Crippen LogP contribution is 2.31. The van der Waals surface area contributed by atoms with Crippen molar-refractivity contribution in [2.45, 2.75) is 262 Å². The fraction of sp³-hybridized carbons (Fsp3) is 0.615. The molecule has 2 aromatic carbocycles. The molecule has 0 bridgehead atoms. The molecule has 0 radical (unpaired) electrons. The molecule has 0 atom stereocenters. The molecular weight excluding hydrogens is 870 g/mol. The van der Waals surface area contributed by atoms with E-state index >= 15 is 0 Å². The Morgan fingerprint density at radius 2 is 0.549 bits per heavy atom. The summed E-state index contributed by atoms with van der Waals surface area (Å²) in [5.74, 6) is -0.0880. The van der Waals surface area contributed by atoms with E-state index in [9.17, 15) is 4.39 Å². The van der Waals surface area contributed by atoms with Crippen LogP contribution in [0.4, 0.5) is 4.39 Å². The number of benzene rings is 2. The smallest absolute Gasteiger partial charge is 0.127 e. The first-order valence-electron chi connectivity index (χ1n) is 26.0. The summed E-state index contributed by atoms with van der Waals surface area (Å²) in [7, 11) is 0. The molecule has 0 unspecified atom stereocenters. The maximum absolute atomic E-state index is 13.9. The number of pyridine rings is 1. The third-order valence-electron chi connectivity index (χ3n) is 12.1. The van der Waals surface area contributed by atoms with Crippen LogP contribution in [0.5, 0.6) is 0 Å². The van der Waals surface area contributed by atoms with Crippen LogP contribution in [-0.4, -0.2) is 24.9 Å². The molecule has 0 saturated carbocycles. The lowest BCUT2D eigenvalue weighted by Crippen LogP contribution is -2.19. The number of nitrogens with zero attached hydrogens (tertiary/aromatic N) is 5. The Morgan fingerprint density at radius 3 is 0.789 bits per heavy atom. The highest BCUT2D eigenvalue weighted by atomic mass is 19.1. The van der Waals surface area contributed by atoms with Crippen molar-refractivity contribution in [1.82, 2.24) is 24.9 Å². The Labute approximate surface area is 437 Å². The lowest BCUT2D eigenvalue weighted by Gasteiger charge is -2.24. The van der Waals surface area contributed by atoms with Crippen molar-refractivity contribution in [2.75, 3.05) is 0 Å². The number of hydrogen-bond donors (Lipinski definition) is 0. The highest BCUT2D eigenvalue weighted by Gasteiger charge is 2.24. The monoisotopic (exact) mass is 974 g/mol. The summed E-state index contributed by atoms with van der Waals surface area (Å²) in [6, 6.07) is 21.1. The van der Waals surface area contributed by atoms with E-state index in [1.807, 2.05) is 51.5 Å². The first-order valence-corrected chi connectivity index (χ1v) is 26.0. The molecule has 71 heavy (non-hydrogen) atoms. The summed E-state index contributed by atoms with van der Waals surface area (Å²) in [6.45, 7) is 64.9. The Morgan fingerprint density at radius 1 is 0.254 bits per heavy atom. The van der Waals surface area contributed by atoms with Crippen molar-refractivity contribution >= 4 is 0 Å². The SMILES string of the molecule is CC(C)(C)c1cc(C(C)(C)C)ncn1.CC(C)(C)c1ccc(C(C)(C)C)c(F)c1.CC(C)(C)c1ccc(C(C)(C)C)cc1.CC(C)(C)c1ccc(C(C)(C)C)nc1.CC(C)(C)c1cnc(C(C)(C)C)cn1. The molecule has 0 amide bonds. The van der Waals surface area contributed by atoms with Crippen LogP contribution in [0, 0.1) is 5.82 Å². The van der Waals surface area contributed by atoms with E-state index in [1.165, 1.54) is 16.7 Å². The van der Waals surface area contributed by atoms with Crippen LogP contribution in [0.3, 0.4) is 0 Å². The van der Waals surface area contributed by atoms with E-state index in [2.05, 4.69) is 254 Å². The molecule has 0 spiro atoms. The van der Waals surface area contributed by atoms with E-state index in [0.29, 0.717) is 0 Å². The Hall–Kier alpha value is -4.32. The van der Waals surface area contributed by atoms with E-state index < -0.39 is 0 Å². The number of rotatable bonds is 0. The van der Waals surface area contributed by atoms with Gasteiger partial charge in [-0.2, -0.15) is 0 Å². The lowest BCUT2D eigenvalue weighted by atomic mass is 9.82. The van der Waals surface area contributed by atoms with Gasteiger partial charge in [-0.25, -0.2) is 14.4 Å². The number of halogens is 1. The second-order valence-corrected chi connectivity index (χ2v) is 29.8. The van der Waals surface area contributed by atoms with E-state index in [0.717, 1.165) is 39.6 Å². The molecule has 5 nitrogen and oxygen atoms in total. The molecule has 0 N–H and O–H groups in total. The minimum absolute atomic E-state index is 0.0112. The maximum atomic E-state index is 13.9. The zero-order valence-corrected chi connectivity index (χ0v) is 51.2. The average molecular weight is 975 g/mol. The number of hydrogen-bond acceptors (Lipinski definition) is 5. The van der Waals surface area contributed by atoms with Gasteiger partial charge < -0.3 is 0 Å². The minimum Gasteiger partial charge on any atom is -0.260 e. The van der Waals surface area contributed by atoms with Crippen LogP contribution in [0.1, 0.15) is 264 Å². The molecule has 396 valence electrons. The molecule has 5 aromatic rings. The normalized spacial score (nSPS) is 13.0. The molecule has 0 saturated heterocycles. The maximum Gasteiger partial charge on any atom is 0.127 e. The second kappa shape index (κ2) is 23.7. The fourth-order valence-corrected chi connectivity index (χ4v) is 6.62. The zero-order valence-electron chi connectivity index (χ0n) is 51.2. The Kier molecular flexibility index (Phi) is 21.6. The molecule has 0 aliphatic carbocycles. The topological polar surface area (TPSA) is 64.5 Å². The highest BCUT2D eigenvalue weighted by molar-refractivity contribution is 5.33. The molecule has 0 aliphatic rings. The summed E-state index contributed by atoms with van der Waals surface area (Å²) in [6.07, 6.45) is 7.45. The Bertz CT molecular complexity index is 2070. The van der Waals surface area contributed by atoms with Gasteiger partial charge in [0.1, 0.15) is 12.1 Å². The van der Waals surface area contributed by atoms with Gasteiger partial charge in [0.25, 0.3) is 0 Å². The predicted octanol–water partition coefficient (Wildman–Crippen LogP) is 18.5. The number of aromatic nitrogens is 5. The molecule has 5 rings (SSSR count). The third-order valence-corrected chi connectivity index (χ3v) is 12.1. The summed E-state index contributed by atoms with van der Waals surface area (Å²) in [5, 5.41) is 0. The first kappa shape index (κ1) is 64.7. The van der Waals surface area contributed by atoms with Gasteiger partial charge in [0.15, 0.2) is 0 Å². The summed E-state index contributed by atoms with van der Waals surface area (Å²) in [4.78, 5) is 22.1. The van der Waals surface area contributed by atoms with Crippen LogP contribution in [-0.2, 0) is 54.1 Å². The zero-order chi connectivity index (χ0) is 55.8. The third kappa shape index (κ3) is 22.5. The molecule has 3 aromatic heterocycles. The van der Waals surface area contributed by atoms with E-state index in [-0.39, 0.29) is 60.0 Å². The summed E-state index contributed by atoms with van der Waals surface area (Å²) < 4.78 is 13.9. The average Bonchev–Trinajstić information content (AvgIpc) is 3.19. The lowest BCUT2D eigenvalue weighted by molar-refractivity contribution is 0.513. The van der Waals surface area contributed by atoms with Gasteiger partial charge >= 0.3 is 0 Å². The first-order chi connectivity index (χ1) is 31.5. The minimum atomic E-state index is -0.125. The van der Waals surface area contributed by atoms with Crippen molar-refractivity contribution in [3.05, 3.63) is 148 Å². The predicted molar refractivity (Wildman–Crippen MR) is 308 cm³/mol. The standard InChI is InChI=1S/C14H21F.C14H22.C13H21N.2C12H20N2/c1-13(2,3)10-7-8-11(12(15)9-10)14(4,5)6;1-13(2,3)11-7-9-12(10-8-11)14(4,5)6;1-12(2,3)10-7-8-11(14-9-10)13(4,5)6;1-11(2,3)9-7-14-10(8-13-9)12(4,5)6;1-11(2,3)9-7-10(12(4,5)6)14-8-13-9/h7-9H,1-6H3;7-10H,1-6H3;7-9H,1-6H3;2*7-8H,1-6H3. The molecule has 0 fully saturated rings. The van der Waals surface area contributed by atoms with E-state index in [4.69, 9.17) is 0 Å². The van der Waals surface area contributed by atoms with Gasteiger partial charge in [-0.3, -0.25) is 15.0 Å². The van der Waals surface area contributed by atoms with Crippen molar-refractivity contribution in [3.8, 4) is 0 Å². The van der Waals surface area contributed by atoms with Gasteiger partial charge in [0.2, 0.25) is 0 Å². The van der Waals surface area contributed by atoms with Gasteiger partial charge in [-0.1, -0.05) is 250 Å². The molecule has 0 aliphatic heterocycles.